The summed E-state index contributed by atoms with van der Waals surface area (Å²) in [5.74, 6) is -0.113. The van der Waals surface area contributed by atoms with Gasteiger partial charge in [0.15, 0.2) is 5.16 Å². The highest BCUT2D eigenvalue weighted by atomic mass is 35.5. The van der Waals surface area contributed by atoms with E-state index in [-0.39, 0.29) is 11.2 Å². The van der Waals surface area contributed by atoms with Crippen LogP contribution in [0.4, 0.5) is 5.69 Å². The van der Waals surface area contributed by atoms with Gasteiger partial charge in [-0.2, -0.15) is 0 Å². The average Bonchev–Trinajstić information content (AvgIpc) is 3.27. The maximum Gasteiger partial charge on any atom is 0.237 e. The molecule has 3 aromatic carbocycles. The summed E-state index contributed by atoms with van der Waals surface area (Å²) in [5.41, 5.74) is 5.96. The van der Waals surface area contributed by atoms with E-state index in [0.29, 0.717) is 10.7 Å². The zero-order valence-corrected chi connectivity index (χ0v) is 24.3. The second-order valence-electron chi connectivity index (χ2n) is 9.71. The Morgan fingerprint density at radius 1 is 1.03 bits per heavy atom. The summed E-state index contributed by atoms with van der Waals surface area (Å²) in [6.07, 6.45) is 3.40. The molecule has 0 saturated carbocycles. The number of imidazole rings is 1. The van der Waals surface area contributed by atoms with E-state index in [1.165, 1.54) is 30.2 Å². The number of benzene rings is 3. The van der Waals surface area contributed by atoms with Crippen LogP contribution >= 0.6 is 23.4 Å². The number of carbonyl (C=O) groups is 1. The first kappa shape index (κ1) is 28.2. The van der Waals surface area contributed by atoms with Crippen LogP contribution in [0.25, 0.3) is 16.7 Å². The Hall–Kier alpha value is -2.80. The van der Waals surface area contributed by atoms with Gasteiger partial charge in [0.1, 0.15) is 0 Å². The number of nitrogens with zero attached hydrogens (tertiary/aromatic N) is 3. The number of anilines is 1. The average molecular weight is 549 g/mol. The van der Waals surface area contributed by atoms with Crippen molar-refractivity contribution < 1.29 is 4.79 Å². The second kappa shape index (κ2) is 13.3. The first-order valence-corrected chi connectivity index (χ1v) is 14.7. The minimum atomic E-state index is -0.370. The third-order valence-corrected chi connectivity index (χ3v) is 7.92. The molecule has 1 N–H and O–H groups in total. The molecule has 1 amide bonds. The quantitative estimate of drug-likeness (QED) is 0.184. The van der Waals surface area contributed by atoms with Crippen LogP contribution in [-0.2, 0) is 11.2 Å². The third kappa shape index (κ3) is 6.99. The summed E-state index contributed by atoms with van der Waals surface area (Å²) >= 11 is 7.79. The third-order valence-electron chi connectivity index (χ3n) is 6.55. The van der Waals surface area contributed by atoms with Gasteiger partial charge < -0.3 is 10.2 Å². The minimum absolute atomic E-state index is 0.113. The molecule has 0 aliphatic rings. The number of fused-ring (bicyclic) bond motifs is 1. The van der Waals surface area contributed by atoms with Crippen LogP contribution in [0.3, 0.4) is 0 Å². The van der Waals surface area contributed by atoms with Crippen LogP contribution in [0.2, 0.25) is 5.02 Å². The first-order chi connectivity index (χ1) is 18.4. The number of rotatable bonds is 12. The van der Waals surface area contributed by atoms with Gasteiger partial charge in [-0.15, -0.1) is 0 Å². The first-order valence-electron chi connectivity index (χ1n) is 13.4. The number of hydrogen-bond donors (Lipinski definition) is 1. The number of aromatic nitrogens is 2. The lowest BCUT2D eigenvalue weighted by molar-refractivity contribution is -0.115. The van der Waals surface area contributed by atoms with E-state index in [0.717, 1.165) is 53.5 Å². The molecule has 0 aliphatic heterocycles. The molecule has 0 saturated heterocycles. The standard InChI is InChI=1S/C31H37ClN4OS/c1-5-18-35(19-6-2)20-17-24-12-14-25(15-13-24)36-29-10-8-7-9-28(29)34-31(36)38-23(4)30(37)33-27-16-11-22(3)21-26(27)32/h7-16,21,23H,5-6,17-20H2,1-4H3,(H,33,37). The summed E-state index contributed by atoms with van der Waals surface area (Å²) in [7, 11) is 0. The predicted molar refractivity (Wildman–Crippen MR) is 162 cm³/mol. The summed E-state index contributed by atoms with van der Waals surface area (Å²) in [6, 6.07) is 22.5. The van der Waals surface area contributed by atoms with Crippen molar-refractivity contribution in [2.45, 2.75) is 57.4 Å². The van der Waals surface area contributed by atoms with Crippen molar-refractivity contribution in [3.63, 3.8) is 0 Å². The molecule has 4 rings (SSSR count). The number of thioether (sulfide) groups is 1. The van der Waals surface area contributed by atoms with Crippen molar-refractivity contribution in [2.24, 2.45) is 0 Å². The lowest BCUT2D eigenvalue weighted by Crippen LogP contribution is -2.27. The maximum absolute atomic E-state index is 13.0. The lowest BCUT2D eigenvalue weighted by Gasteiger charge is -2.21. The van der Waals surface area contributed by atoms with Crippen LogP contribution in [0.5, 0.6) is 0 Å². The largest absolute Gasteiger partial charge is 0.324 e. The Kier molecular flexibility index (Phi) is 9.89. The van der Waals surface area contributed by atoms with Crippen molar-refractivity contribution in [3.05, 3.63) is 82.9 Å². The molecule has 5 nitrogen and oxygen atoms in total. The van der Waals surface area contributed by atoms with Gasteiger partial charge in [0, 0.05) is 12.2 Å². The molecule has 200 valence electrons. The molecule has 0 bridgehead atoms. The highest BCUT2D eigenvalue weighted by Gasteiger charge is 2.21. The molecule has 1 unspecified atom stereocenters. The van der Waals surface area contributed by atoms with Gasteiger partial charge in [-0.3, -0.25) is 9.36 Å². The smallest absolute Gasteiger partial charge is 0.237 e. The van der Waals surface area contributed by atoms with Crippen molar-refractivity contribution in [3.8, 4) is 5.69 Å². The Morgan fingerprint density at radius 2 is 1.74 bits per heavy atom. The van der Waals surface area contributed by atoms with Crippen LogP contribution in [-0.4, -0.2) is 45.2 Å². The van der Waals surface area contributed by atoms with E-state index in [1.54, 1.807) is 0 Å². The van der Waals surface area contributed by atoms with Crippen LogP contribution in [0, 0.1) is 6.92 Å². The van der Waals surface area contributed by atoms with Gasteiger partial charge in [0.25, 0.3) is 0 Å². The summed E-state index contributed by atoms with van der Waals surface area (Å²) in [5, 5.41) is 3.92. The van der Waals surface area contributed by atoms with E-state index < -0.39 is 0 Å². The molecule has 38 heavy (non-hydrogen) atoms. The van der Waals surface area contributed by atoms with Gasteiger partial charge >= 0.3 is 0 Å². The molecule has 0 spiro atoms. The predicted octanol–water partition coefficient (Wildman–Crippen LogP) is 7.77. The second-order valence-corrected chi connectivity index (χ2v) is 11.4. The number of aryl methyl sites for hydroxylation is 1. The fourth-order valence-corrected chi connectivity index (χ4v) is 5.79. The number of para-hydroxylation sites is 2. The Labute approximate surface area is 235 Å². The molecule has 0 aliphatic carbocycles. The number of amides is 1. The normalized spacial score (nSPS) is 12.3. The molecule has 1 atom stereocenters. The van der Waals surface area contributed by atoms with Gasteiger partial charge in [-0.05, 0) is 93.7 Å². The highest BCUT2D eigenvalue weighted by molar-refractivity contribution is 8.00. The van der Waals surface area contributed by atoms with E-state index in [2.05, 4.69) is 59.0 Å². The van der Waals surface area contributed by atoms with Gasteiger partial charge in [-0.25, -0.2) is 4.98 Å². The Bertz CT molecular complexity index is 1360. The van der Waals surface area contributed by atoms with Crippen molar-refractivity contribution >= 4 is 46.0 Å². The van der Waals surface area contributed by atoms with Crippen LogP contribution in [0.15, 0.2) is 71.9 Å². The molecule has 0 fully saturated rings. The number of hydrogen-bond acceptors (Lipinski definition) is 4. The van der Waals surface area contributed by atoms with Crippen LogP contribution < -0.4 is 5.32 Å². The van der Waals surface area contributed by atoms with Crippen molar-refractivity contribution in [1.29, 1.82) is 0 Å². The molecule has 1 aromatic heterocycles. The molecular weight excluding hydrogens is 512 g/mol. The van der Waals surface area contributed by atoms with Crippen molar-refractivity contribution in [2.75, 3.05) is 25.0 Å². The summed E-state index contributed by atoms with van der Waals surface area (Å²) in [4.78, 5) is 20.5. The van der Waals surface area contributed by atoms with E-state index in [1.807, 2.05) is 50.2 Å². The minimum Gasteiger partial charge on any atom is -0.324 e. The highest BCUT2D eigenvalue weighted by Crippen LogP contribution is 2.32. The zero-order chi connectivity index (χ0) is 27.1. The van der Waals surface area contributed by atoms with Crippen molar-refractivity contribution in [1.82, 2.24) is 14.5 Å². The maximum atomic E-state index is 13.0. The summed E-state index contributed by atoms with van der Waals surface area (Å²) in [6.45, 7) is 11.7. The van der Waals surface area contributed by atoms with E-state index >= 15 is 0 Å². The number of nitrogens with one attached hydrogen (secondary N) is 1. The molecule has 7 heteroatoms. The van der Waals surface area contributed by atoms with Crippen LogP contribution in [0.1, 0.15) is 44.7 Å². The summed E-state index contributed by atoms with van der Waals surface area (Å²) < 4.78 is 2.15. The number of carbonyl (C=O) groups excluding carboxylic acids is 1. The Morgan fingerprint density at radius 3 is 2.42 bits per heavy atom. The molecule has 0 radical (unpaired) electrons. The van der Waals surface area contributed by atoms with Gasteiger partial charge in [0.2, 0.25) is 5.91 Å². The molecule has 4 aromatic rings. The number of halogens is 1. The topological polar surface area (TPSA) is 50.2 Å². The lowest BCUT2D eigenvalue weighted by atomic mass is 10.1. The van der Waals surface area contributed by atoms with Gasteiger partial charge in [0.05, 0.1) is 27.0 Å². The van der Waals surface area contributed by atoms with E-state index in [4.69, 9.17) is 16.6 Å². The Balaban J connectivity index is 1.53. The SMILES string of the molecule is CCCN(CCC)CCc1ccc(-n2c(SC(C)C(=O)Nc3ccc(C)cc3Cl)nc3ccccc32)cc1. The van der Waals surface area contributed by atoms with Gasteiger partial charge in [-0.1, -0.05) is 67.5 Å². The monoisotopic (exact) mass is 548 g/mol. The fourth-order valence-electron chi connectivity index (χ4n) is 4.57. The molecule has 1 heterocycles. The molecular formula is C31H37ClN4OS. The van der Waals surface area contributed by atoms with E-state index in [9.17, 15) is 4.79 Å². The fraction of sp³-hybridized carbons (Fsp3) is 0.355. The zero-order valence-electron chi connectivity index (χ0n) is 22.7.